The molecule has 11 heteroatoms. The maximum atomic E-state index is 12.3. The summed E-state index contributed by atoms with van der Waals surface area (Å²) in [6, 6.07) is 0. The van der Waals surface area contributed by atoms with Gasteiger partial charge in [0.1, 0.15) is 24.4 Å². The van der Waals surface area contributed by atoms with Gasteiger partial charge in [0.25, 0.3) is 0 Å². The molecule has 0 saturated carbocycles. The van der Waals surface area contributed by atoms with Crippen LogP contribution < -0.4 is 0 Å². The number of hydrogen-bond donors (Lipinski definition) is 5. The van der Waals surface area contributed by atoms with E-state index in [1.54, 1.807) is 13.0 Å². The summed E-state index contributed by atoms with van der Waals surface area (Å²) in [5.74, 6) is -1.87. The number of esters is 1. The van der Waals surface area contributed by atoms with Crippen LogP contribution in [0.25, 0.3) is 0 Å². The molecule has 3 rings (SSSR count). The van der Waals surface area contributed by atoms with E-state index in [0.29, 0.717) is 12.2 Å². The van der Waals surface area contributed by atoms with E-state index in [1.165, 1.54) is 13.4 Å². The number of fused-ring (bicyclic) bond motifs is 1. The molecule has 1 aliphatic carbocycles. The Kier molecular flexibility index (Phi) is 7.47. The van der Waals surface area contributed by atoms with Crippen LogP contribution in [0.1, 0.15) is 6.92 Å². The second-order valence-electron chi connectivity index (χ2n) is 7.27. The molecule has 0 aromatic heterocycles. The molecule has 170 valence electrons. The summed E-state index contributed by atoms with van der Waals surface area (Å²) in [5, 5.41) is 49.4. The molecule has 2 heterocycles. The van der Waals surface area contributed by atoms with Crippen molar-refractivity contribution in [1.82, 2.24) is 0 Å². The van der Waals surface area contributed by atoms with Crippen LogP contribution in [0.4, 0.5) is 0 Å². The molecule has 2 aliphatic heterocycles. The van der Waals surface area contributed by atoms with Gasteiger partial charge in [-0.3, -0.25) is 0 Å². The fourth-order valence-corrected chi connectivity index (χ4v) is 4.11. The van der Waals surface area contributed by atoms with E-state index < -0.39 is 67.5 Å². The molecule has 1 fully saturated rings. The highest BCUT2D eigenvalue weighted by Gasteiger charge is 2.52. The van der Waals surface area contributed by atoms with Crippen molar-refractivity contribution in [2.75, 3.05) is 26.9 Å². The molecule has 0 radical (unpaired) electrons. The van der Waals surface area contributed by atoms with Crippen molar-refractivity contribution in [3.8, 4) is 0 Å². The molecule has 11 nitrogen and oxygen atoms in total. The third-order valence-corrected chi connectivity index (χ3v) is 5.61. The van der Waals surface area contributed by atoms with Crippen molar-refractivity contribution in [2.24, 2.45) is 11.8 Å². The van der Waals surface area contributed by atoms with Gasteiger partial charge < -0.3 is 49.2 Å². The lowest BCUT2D eigenvalue weighted by Gasteiger charge is -2.43. The summed E-state index contributed by atoms with van der Waals surface area (Å²) in [6.07, 6.45) is -6.15. The van der Waals surface area contributed by atoms with Gasteiger partial charge in [-0.15, -0.1) is 0 Å². The first-order valence-electron chi connectivity index (χ1n) is 9.70. The fraction of sp³-hybridized carbons (Fsp3) is 0.737. The average Bonchev–Trinajstić information content (AvgIpc) is 3.13. The Morgan fingerprint density at radius 2 is 1.83 bits per heavy atom. The Morgan fingerprint density at radius 1 is 1.10 bits per heavy atom. The molecular weight excluding hydrogens is 404 g/mol. The molecule has 5 N–H and O–H groups in total. The zero-order valence-electron chi connectivity index (χ0n) is 16.7. The quantitative estimate of drug-likeness (QED) is 0.219. The number of hydrogen-bond acceptors (Lipinski definition) is 11. The van der Waals surface area contributed by atoms with Gasteiger partial charge in [0.2, 0.25) is 6.29 Å². The van der Waals surface area contributed by atoms with Crippen LogP contribution in [-0.2, 0) is 28.5 Å². The van der Waals surface area contributed by atoms with E-state index in [2.05, 4.69) is 0 Å². The molecule has 9 atom stereocenters. The number of ether oxygens (including phenoxy) is 5. The van der Waals surface area contributed by atoms with Gasteiger partial charge in [-0.25, -0.2) is 4.79 Å². The third-order valence-electron chi connectivity index (χ3n) is 5.61. The summed E-state index contributed by atoms with van der Waals surface area (Å²) in [7, 11) is 1.24. The second-order valence-corrected chi connectivity index (χ2v) is 7.27. The Morgan fingerprint density at radius 3 is 2.43 bits per heavy atom. The monoisotopic (exact) mass is 432 g/mol. The van der Waals surface area contributed by atoms with Crippen LogP contribution in [-0.4, -0.2) is 102 Å². The third kappa shape index (κ3) is 4.12. The van der Waals surface area contributed by atoms with Gasteiger partial charge in [-0.05, 0) is 12.5 Å². The number of aliphatic hydroxyl groups is 5. The van der Waals surface area contributed by atoms with Gasteiger partial charge in [0.05, 0.1) is 44.2 Å². The largest absolute Gasteiger partial charge is 0.471 e. The maximum Gasteiger partial charge on any atom is 0.337 e. The fourth-order valence-electron chi connectivity index (χ4n) is 4.11. The van der Waals surface area contributed by atoms with Gasteiger partial charge >= 0.3 is 5.97 Å². The van der Waals surface area contributed by atoms with Gasteiger partial charge in [0, 0.05) is 12.5 Å². The van der Waals surface area contributed by atoms with Gasteiger partial charge in [-0.1, -0.05) is 6.08 Å². The van der Waals surface area contributed by atoms with E-state index in [1.807, 2.05) is 0 Å². The topological polar surface area (TPSA) is 164 Å². The van der Waals surface area contributed by atoms with Gasteiger partial charge in [-0.2, -0.15) is 0 Å². The molecule has 1 saturated heterocycles. The van der Waals surface area contributed by atoms with E-state index in [9.17, 15) is 30.3 Å². The zero-order chi connectivity index (χ0) is 22.0. The van der Waals surface area contributed by atoms with Crippen LogP contribution in [0.2, 0.25) is 0 Å². The predicted octanol–water partition coefficient (Wildman–Crippen LogP) is -2.21. The summed E-state index contributed by atoms with van der Waals surface area (Å²) in [4.78, 5) is 12.3. The summed E-state index contributed by atoms with van der Waals surface area (Å²) in [5.41, 5.74) is 0.705. The van der Waals surface area contributed by atoms with Crippen molar-refractivity contribution < 1.29 is 54.0 Å². The minimum atomic E-state index is -1.62. The molecule has 9 unspecified atom stereocenters. The van der Waals surface area contributed by atoms with E-state index in [-0.39, 0.29) is 12.2 Å². The van der Waals surface area contributed by atoms with Crippen molar-refractivity contribution in [3.05, 3.63) is 23.5 Å². The highest BCUT2D eigenvalue weighted by atomic mass is 16.8. The molecule has 0 aromatic carbocycles. The minimum Gasteiger partial charge on any atom is -0.471 e. The molecule has 3 aliphatic rings. The summed E-state index contributed by atoms with van der Waals surface area (Å²) < 4.78 is 27.3. The van der Waals surface area contributed by atoms with Crippen LogP contribution in [0, 0.1) is 11.8 Å². The Balaban J connectivity index is 1.87. The first-order valence-corrected chi connectivity index (χ1v) is 9.70. The molecule has 30 heavy (non-hydrogen) atoms. The zero-order valence-corrected chi connectivity index (χ0v) is 16.7. The summed E-state index contributed by atoms with van der Waals surface area (Å²) >= 11 is 0. The molecule has 0 bridgehead atoms. The standard InChI is InChI=1S/C19H28O11/c1-3-27-10-4-8(5-20)12-13(10)9(17(25)26-2)7-28-18(12)30-19-16(24)15(23)14(22)11(6-21)29-19/h4,7,10-16,18-24H,3,5-6H2,1-2H3. The van der Waals surface area contributed by atoms with Crippen molar-refractivity contribution in [3.63, 3.8) is 0 Å². The van der Waals surface area contributed by atoms with Crippen LogP contribution in [0.5, 0.6) is 0 Å². The van der Waals surface area contributed by atoms with Crippen LogP contribution in [0.15, 0.2) is 23.5 Å². The Hall–Kier alpha value is -1.57. The average molecular weight is 432 g/mol. The predicted molar refractivity (Wildman–Crippen MR) is 97.4 cm³/mol. The smallest absolute Gasteiger partial charge is 0.337 e. The normalized spacial score (nSPS) is 40.8. The number of carbonyl (C=O) groups is 1. The SMILES string of the molecule is CCOC1C=C(CO)C2C(OC3OC(CO)C(O)C(O)C3O)OC=C(C(=O)OC)C12. The second kappa shape index (κ2) is 9.71. The lowest BCUT2D eigenvalue weighted by atomic mass is 9.82. The van der Waals surface area contributed by atoms with E-state index >= 15 is 0 Å². The highest BCUT2D eigenvalue weighted by molar-refractivity contribution is 5.89. The highest BCUT2D eigenvalue weighted by Crippen LogP contribution is 2.45. The number of carbonyl (C=O) groups excluding carboxylic acids is 1. The lowest BCUT2D eigenvalue weighted by molar-refractivity contribution is -0.340. The van der Waals surface area contributed by atoms with Crippen molar-refractivity contribution in [1.29, 1.82) is 0 Å². The van der Waals surface area contributed by atoms with Crippen molar-refractivity contribution in [2.45, 2.75) is 50.0 Å². The van der Waals surface area contributed by atoms with E-state index in [4.69, 9.17) is 23.7 Å². The molecule has 0 spiro atoms. The van der Waals surface area contributed by atoms with E-state index in [0.717, 1.165) is 0 Å². The first-order chi connectivity index (χ1) is 14.4. The lowest BCUT2D eigenvalue weighted by Crippen LogP contribution is -2.60. The number of rotatable bonds is 7. The summed E-state index contributed by atoms with van der Waals surface area (Å²) in [6.45, 7) is 1.19. The number of aliphatic hydroxyl groups excluding tert-OH is 5. The van der Waals surface area contributed by atoms with Crippen molar-refractivity contribution >= 4 is 5.97 Å². The maximum absolute atomic E-state index is 12.3. The first kappa shape index (κ1) is 23.1. The van der Waals surface area contributed by atoms with Crippen LogP contribution in [0.3, 0.4) is 0 Å². The minimum absolute atomic E-state index is 0.203. The Labute approximate surface area is 173 Å². The Bertz CT molecular complexity index is 675. The van der Waals surface area contributed by atoms with Crippen LogP contribution >= 0.6 is 0 Å². The molecule has 0 aromatic rings. The number of methoxy groups -OCH3 is 1. The molecular formula is C19H28O11. The molecule has 0 amide bonds. The van der Waals surface area contributed by atoms with Gasteiger partial charge in [0.15, 0.2) is 6.29 Å².